The molecule has 1 atom stereocenters. The number of hydrogen-bond acceptors (Lipinski definition) is 6. The number of pyridine rings is 1. The molecule has 1 aliphatic heterocycles. The molecule has 1 fully saturated rings. The van der Waals surface area contributed by atoms with E-state index in [1.54, 1.807) is 44.1 Å². The van der Waals surface area contributed by atoms with E-state index in [1.807, 2.05) is 24.3 Å². The highest BCUT2D eigenvalue weighted by Gasteiger charge is 2.26. The van der Waals surface area contributed by atoms with Gasteiger partial charge in [-0.1, -0.05) is 24.8 Å². The van der Waals surface area contributed by atoms with Gasteiger partial charge in [0, 0.05) is 29.9 Å². The molecular formula is C23H24N6O2. The summed E-state index contributed by atoms with van der Waals surface area (Å²) in [6.45, 7) is 4.34. The average molecular weight is 416 g/mol. The molecule has 0 bridgehead atoms. The molecule has 2 aromatic rings. The van der Waals surface area contributed by atoms with E-state index in [9.17, 15) is 4.79 Å². The van der Waals surface area contributed by atoms with Crippen molar-refractivity contribution in [1.29, 1.82) is 0 Å². The maximum Gasteiger partial charge on any atom is 0.273 e. The first kappa shape index (κ1) is 20.5. The van der Waals surface area contributed by atoms with E-state index >= 15 is 0 Å². The number of allylic oxidation sites excluding steroid dienone is 4. The predicted octanol–water partition coefficient (Wildman–Crippen LogP) is 3.22. The van der Waals surface area contributed by atoms with Crippen LogP contribution < -0.4 is 5.32 Å². The van der Waals surface area contributed by atoms with Gasteiger partial charge in [0.15, 0.2) is 5.82 Å². The summed E-state index contributed by atoms with van der Waals surface area (Å²) in [6, 6.07) is 4.13. The van der Waals surface area contributed by atoms with E-state index < -0.39 is 0 Å². The second kappa shape index (κ2) is 9.34. The number of hydrogen-bond donors (Lipinski definition) is 1. The van der Waals surface area contributed by atoms with E-state index in [-0.39, 0.29) is 11.8 Å². The monoisotopic (exact) mass is 416 g/mol. The molecule has 8 nitrogen and oxygen atoms in total. The minimum absolute atomic E-state index is 0.0832. The lowest BCUT2D eigenvalue weighted by molar-refractivity contribution is 0.0965. The van der Waals surface area contributed by atoms with Gasteiger partial charge in [-0.05, 0) is 42.7 Å². The maximum atomic E-state index is 12.6. The van der Waals surface area contributed by atoms with Crippen LogP contribution in [0.25, 0.3) is 5.57 Å². The standard InChI is InChI=1S/C23H24N6O2/c1-3-4-16(22-28-27-15-29(22)19-6-7-19)9-12-25-23(30)20-13-17(10-11-24-20)18-5-8-21(31-2)26-14-18/h3-5,8-13,15,18-19H,1,6-7,14H2,2H3,(H,25,30)/b12-9+,16-4+. The lowest BCUT2D eigenvalue weighted by atomic mass is 9.97. The third-order valence-electron chi connectivity index (χ3n) is 5.12. The molecule has 31 heavy (non-hydrogen) atoms. The van der Waals surface area contributed by atoms with Crippen molar-refractivity contribution < 1.29 is 9.53 Å². The van der Waals surface area contributed by atoms with Gasteiger partial charge in [-0.25, -0.2) is 0 Å². The van der Waals surface area contributed by atoms with Crippen molar-refractivity contribution >= 4 is 17.4 Å². The summed E-state index contributed by atoms with van der Waals surface area (Å²) in [5.74, 6) is 1.16. The highest BCUT2D eigenvalue weighted by atomic mass is 16.5. The van der Waals surface area contributed by atoms with Gasteiger partial charge in [0.2, 0.25) is 5.90 Å². The quantitative estimate of drug-likeness (QED) is 0.700. The van der Waals surface area contributed by atoms with Gasteiger partial charge in [-0.3, -0.25) is 14.8 Å². The Labute approximate surface area is 180 Å². The van der Waals surface area contributed by atoms with Gasteiger partial charge < -0.3 is 14.6 Å². The lowest BCUT2D eigenvalue weighted by Crippen LogP contribution is -2.19. The van der Waals surface area contributed by atoms with Crippen molar-refractivity contribution in [3.05, 3.63) is 84.9 Å². The first-order valence-corrected chi connectivity index (χ1v) is 10.1. The number of carbonyl (C=O) groups excluding carboxylic acids is 1. The SMILES string of the molecule is C=C/C=C(\C=C\NC(=O)c1cc(C2C=CC(OC)=NC2)ccn1)c1nncn1C1CC1. The highest BCUT2D eigenvalue weighted by Crippen LogP contribution is 2.36. The molecule has 1 unspecified atom stereocenters. The summed E-state index contributed by atoms with van der Waals surface area (Å²) in [5.41, 5.74) is 2.14. The Morgan fingerprint density at radius 2 is 2.26 bits per heavy atom. The Bertz CT molecular complexity index is 1090. The molecule has 0 spiro atoms. The van der Waals surface area contributed by atoms with Crippen LogP contribution in [0.3, 0.4) is 0 Å². The number of amides is 1. The summed E-state index contributed by atoms with van der Waals surface area (Å²) < 4.78 is 7.18. The molecule has 2 aromatic heterocycles. The van der Waals surface area contributed by atoms with E-state index in [0.29, 0.717) is 24.2 Å². The van der Waals surface area contributed by atoms with E-state index in [4.69, 9.17) is 4.74 Å². The molecule has 1 amide bonds. The zero-order valence-electron chi connectivity index (χ0n) is 17.3. The van der Waals surface area contributed by atoms with Gasteiger partial charge >= 0.3 is 0 Å². The van der Waals surface area contributed by atoms with Crippen molar-refractivity contribution in [2.75, 3.05) is 13.7 Å². The number of aliphatic imine (C=N–C) groups is 1. The van der Waals surface area contributed by atoms with Gasteiger partial charge in [0.05, 0.1) is 13.7 Å². The summed E-state index contributed by atoms with van der Waals surface area (Å²) in [7, 11) is 1.59. The minimum Gasteiger partial charge on any atom is -0.481 e. The van der Waals surface area contributed by atoms with Crippen LogP contribution >= 0.6 is 0 Å². The smallest absolute Gasteiger partial charge is 0.273 e. The van der Waals surface area contributed by atoms with Crippen LogP contribution in [0.5, 0.6) is 0 Å². The van der Waals surface area contributed by atoms with Crippen molar-refractivity contribution in [1.82, 2.24) is 25.1 Å². The van der Waals surface area contributed by atoms with Gasteiger partial charge in [0.1, 0.15) is 12.0 Å². The number of nitrogens with one attached hydrogen (secondary N) is 1. The van der Waals surface area contributed by atoms with Crippen LogP contribution in [0.4, 0.5) is 0 Å². The van der Waals surface area contributed by atoms with Crippen LogP contribution in [0.2, 0.25) is 0 Å². The normalized spacial score (nSPS) is 18.7. The van der Waals surface area contributed by atoms with E-state index in [1.165, 1.54) is 0 Å². The maximum absolute atomic E-state index is 12.6. The third kappa shape index (κ3) is 4.85. The molecule has 1 N–H and O–H groups in total. The van der Waals surface area contributed by atoms with Crippen LogP contribution in [-0.2, 0) is 4.74 Å². The minimum atomic E-state index is -0.291. The molecule has 158 valence electrons. The fourth-order valence-electron chi connectivity index (χ4n) is 3.33. The summed E-state index contributed by atoms with van der Waals surface area (Å²) in [4.78, 5) is 21.2. The molecule has 0 saturated heterocycles. The number of methoxy groups -OCH3 is 1. The zero-order chi connectivity index (χ0) is 21.6. The van der Waals surface area contributed by atoms with Crippen molar-refractivity contribution in [2.45, 2.75) is 24.8 Å². The van der Waals surface area contributed by atoms with Crippen molar-refractivity contribution in [3.63, 3.8) is 0 Å². The van der Waals surface area contributed by atoms with Crippen LogP contribution in [0, 0.1) is 0 Å². The molecule has 0 aromatic carbocycles. The fraction of sp³-hybridized carbons (Fsp3) is 0.261. The first-order valence-electron chi connectivity index (χ1n) is 10.1. The fourth-order valence-corrected chi connectivity index (χ4v) is 3.33. The average Bonchev–Trinajstić information content (AvgIpc) is 3.55. The summed E-state index contributed by atoms with van der Waals surface area (Å²) >= 11 is 0. The Balaban J connectivity index is 1.43. The Morgan fingerprint density at radius 1 is 1.39 bits per heavy atom. The molecule has 1 saturated carbocycles. The molecule has 0 radical (unpaired) electrons. The number of dihydropyridines is 1. The van der Waals surface area contributed by atoms with E-state index in [0.717, 1.165) is 29.8 Å². The van der Waals surface area contributed by atoms with Crippen LogP contribution in [-0.4, -0.2) is 45.2 Å². The number of rotatable bonds is 7. The summed E-state index contributed by atoms with van der Waals surface area (Å²) in [6.07, 6.45) is 16.4. The second-order valence-electron chi connectivity index (χ2n) is 7.28. The third-order valence-corrected chi connectivity index (χ3v) is 5.12. The Morgan fingerprint density at radius 3 is 2.97 bits per heavy atom. The molecule has 4 rings (SSSR count). The Kier molecular flexibility index (Phi) is 6.16. The Hall–Kier alpha value is -3.81. The predicted molar refractivity (Wildman–Crippen MR) is 119 cm³/mol. The molecule has 1 aliphatic carbocycles. The molecule has 3 heterocycles. The van der Waals surface area contributed by atoms with Gasteiger partial charge in [0.25, 0.3) is 5.91 Å². The molecular weight excluding hydrogens is 392 g/mol. The lowest BCUT2D eigenvalue weighted by Gasteiger charge is -2.15. The van der Waals surface area contributed by atoms with Crippen LogP contribution in [0.1, 0.15) is 46.7 Å². The summed E-state index contributed by atoms with van der Waals surface area (Å²) in [5, 5.41) is 11.0. The van der Waals surface area contributed by atoms with Crippen molar-refractivity contribution in [2.24, 2.45) is 4.99 Å². The molecule has 8 heteroatoms. The molecule has 2 aliphatic rings. The number of nitrogens with zero attached hydrogens (tertiary/aromatic N) is 5. The first-order chi connectivity index (χ1) is 15.2. The zero-order valence-corrected chi connectivity index (χ0v) is 17.3. The van der Waals surface area contributed by atoms with Crippen molar-refractivity contribution in [3.8, 4) is 0 Å². The van der Waals surface area contributed by atoms with Crippen LogP contribution in [0.15, 0.2) is 72.8 Å². The number of ether oxygens (including phenoxy) is 1. The number of aromatic nitrogens is 4. The largest absolute Gasteiger partial charge is 0.481 e. The van der Waals surface area contributed by atoms with Gasteiger partial charge in [-0.15, -0.1) is 10.2 Å². The van der Waals surface area contributed by atoms with Gasteiger partial charge in [-0.2, -0.15) is 0 Å². The topological polar surface area (TPSA) is 94.3 Å². The number of carbonyl (C=O) groups is 1. The van der Waals surface area contributed by atoms with E-state index in [2.05, 4.69) is 36.6 Å². The second-order valence-corrected chi connectivity index (χ2v) is 7.28. The highest BCUT2D eigenvalue weighted by molar-refractivity contribution is 5.93.